The molecule has 0 radical (unpaired) electrons. The van der Waals surface area contributed by atoms with Gasteiger partial charge in [-0.1, -0.05) is 11.8 Å². The first-order valence-electron chi connectivity index (χ1n) is 6.14. The maximum atomic E-state index is 12.1. The van der Waals surface area contributed by atoms with E-state index < -0.39 is 5.54 Å². The van der Waals surface area contributed by atoms with Crippen LogP contribution < -0.4 is 0 Å². The molecule has 0 spiro atoms. The Labute approximate surface area is 110 Å². The van der Waals surface area contributed by atoms with Gasteiger partial charge in [-0.3, -0.25) is 9.59 Å². The SMILES string of the molecule is CCOC(=O)C12CCC(=O)N1CC(SC(C)=O)C2. The highest BCUT2D eigenvalue weighted by molar-refractivity contribution is 8.14. The molecule has 0 aromatic carbocycles. The van der Waals surface area contributed by atoms with Gasteiger partial charge in [0.2, 0.25) is 5.91 Å². The largest absolute Gasteiger partial charge is 0.464 e. The number of esters is 1. The quantitative estimate of drug-likeness (QED) is 0.715. The molecule has 2 unspecified atom stereocenters. The summed E-state index contributed by atoms with van der Waals surface area (Å²) in [6, 6.07) is 0. The second-order valence-corrected chi connectivity index (χ2v) is 6.17. The Hall–Kier alpha value is -1.04. The maximum Gasteiger partial charge on any atom is 0.332 e. The number of fused-ring (bicyclic) bond motifs is 1. The Morgan fingerprint density at radius 3 is 2.89 bits per heavy atom. The van der Waals surface area contributed by atoms with Gasteiger partial charge in [0.1, 0.15) is 5.54 Å². The first-order valence-corrected chi connectivity index (χ1v) is 7.02. The standard InChI is InChI=1S/C12H17NO4S/c1-3-17-11(16)12-5-4-10(15)13(12)7-9(6-12)18-8(2)14/h9H,3-7H2,1-2H3. The molecule has 5 nitrogen and oxygen atoms in total. The minimum Gasteiger partial charge on any atom is -0.464 e. The van der Waals surface area contributed by atoms with E-state index in [2.05, 4.69) is 0 Å². The zero-order valence-corrected chi connectivity index (χ0v) is 11.4. The molecule has 2 rings (SSSR count). The Kier molecular flexibility index (Phi) is 3.66. The second-order valence-electron chi connectivity index (χ2n) is 4.69. The van der Waals surface area contributed by atoms with E-state index in [0.717, 1.165) is 0 Å². The number of hydrogen-bond acceptors (Lipinski definition) is 5. The Morgan fingerprint density at radius 2 is 2.28 bits per heavy atom. The van der Waals surface area contributed by atoms with Gasteiger partial charge in [0.15, 0.2) is 5.12 Å². The molecule has 2 atom stereocenters. The fraction of sp³-hybridized carbons (Fsp3) is 0.750. The van der Waals surface area contributed by atoms with Gasteiger partial charge in [-0.15, -0.1) is 0 Å². The van der Waals surface area contributed by atoms with E-state index in [0.29, 0.717) is 32.4 Å². The second kappa shape index (κ2) is 4.91. The highest BCUT2D eigenvalue weighted by Gasteiger charge is 2.58. The van der Waals surface area contributed by atoms with Crippen molar-refractivity contribution in [2.24, 2.45) is 0 Å². The van der Waals surface area contributed by atoms with Crippen LogP contribution in [-0.2, 0) is 19.1 Å². The molecule has 100 valence electrons. The van der Waals surface area contributed by atoms with Gasteiger partial charge in [0.05, 0.1) is 6.61 Å². The summed E-state index contributed by atoms with van der Waals surface area (Å²) < 4.78 is 5.11. The van der Waals surface area contributed by atoms with Crippen molar-refractivity contribution in [3.05, 3.63) is 0 Å². The van der Waals surface area contributed by atoms with Crippen molar-refractivity contribution in [2.75, 3.05) is 13.2 Å². The lowest BCUT2D eigenvalue weighted by Crippen LogP contribution is -2.48. The molecule has 2 aliphatic rings. The molecular formula is C12H17NO4S. The van der Waals surface area contributed by atoms with E-state index in [1.807, 2.05) is 0 Å². The Morgan fingerprint density at radius 1 is 1.56 bits per heavy atom. The molecule has 6 heteroatoms. The van der Waals surface area contributed by atoms with Gasteiger partial charge in [0.25, 0.3) is 0 Å². The van der Waals surface area contributed by atoms with Crippen molar-refractivity contribution in [2.45, 2.75) is 43.9 Å². The van der Waals surface area contributed by atoms with Crippen LogP contribution in [0.3, 0.4) is 0 Å². The lowest BCUT2D eigenvalue weighted by Gasteiger charge is -2.28. The van der Waals surface area contributed by atoms with Crippen LogP contribution in [0.2, 0.25) is 0 Å². The van der Waals surface area contributed by atoms with Gasteiger partial charge in [-0.2, -0.15) is 0 Å². The van der Waals surface area contributed by atoms with Crippen LogP contribution in [-0.4, -0.2) is 45.8 Å². The van der Waals surface area contributed by atoms with Crippen molar-refractivity contribution in [1.82, 2.24) is 4.90 Å². The van der Waals surface area contributed by atoms with Crippen molar-refractivity contribution in [1.29, 1.82) is 0 Å². The number of ether oxygens (including phenoxy) is 1. The van der Waals surface area contributed by atoms with Crippen LogP contribution in [0.15, 0.2) is 0 Å². The third kappa shape index (κ3) is 2.13. The summed E-state index contributed by atoms with van der Waals surface area (Å²) in [5.74, 6) is -0.322. The van der Waals surface area contributed by atoms with Crippen LogP contribution in [0.25, 0.3) is 0 Å². The minimum atomic E-state index is -0.805. The molecule has 0 bridgehead atoms. The van der Waals surface area contributed by atoms with E-state index in [9.17, 15) is 14.4 Å². The molecule has 0 aliphatic carbocycles. The zero-order valence-electron chi connectivity index (χ0n) is 10.6. The average molecular weight is 271 g/mol. The summed E-state index contributed by atoms with van der Waals surface area (Å²) in [4.78, 5) is 36.7. The zero-order chi connectivity index (χ0) is 13.3. The number of nitrogens with zero attached hydrogens (tertiary/aromatic N) is 1. The van der Waals surface area contributed by atoms with E-state index in [-0.39, 0.29) is 22.2 Å². The maximum absolute atomic E-state index is 12.1. The van der Waals surface area contributed by atoms with Crippen LogP contribution in [0.5, 0.6) is 0 Å². The molecule has 0 aromatic heterocycles. The number of hydrogen-bond donors (Lipinski definition) is 0. The fourth-order valence-electron chi connectivity index (χ4n) is 2.83. The molecule has 2 heterocycles. The van der Waals surface area contributed by atoms with Crippen molar-refractivity contribution in [3.63, 3.8) is 0 Å². The van der Waals surface area contributed by atoms with E-state index in [4.69, 9.17) is 4.74 Å². The Balaban J connectivity index is 2.18. The van der Waals surface area contributed by atoms with Crippen molar-refractivity contribution >= 4 is 28.8 Å². The van der Waals surface area contributed by atoms with Crippen molar-refractivity contribution < 1.29 is 19.1 Å². The van der Waals surface area contributed by atoms with Gasteiger partial charge in [0, 0.05) is 25.1 Å². The predicted octanol–water partition coefficient (Wildman–Crippen LogP) is 0.963. The summed E-state index contributed by atoms with van der Waals surface area (Å²) in [5, 5.41) is 0.0313. The summed E-state index contributed by atoms with van der Waals surface area (Å²) in [6.45, 7) is 4.05. The normalized spacial score (nSPS) is 30.4. The molecule has 2 fully saturated rings. The fourth-order valence-corrected chi connectivity index (χ4v) is 3.88. The van der Waals surface area contributed by atoms with E-state index in [1.54, 1.807) is 11.8 Å². The van der Waals surface area contributed by atoms with Gasteiger partial charge in [-0.25, -0.2) is 4.79 Å². The topological polar surface area (TPSA) is 63.7 Å². The van der Waals surface area contributed by atoms with E-state index in [1.165, 1.54) is 18.7 Å². The molecule has 2 saturated heterocycles. The van der Waals surface area contributed by atoms with Crippen LogP contribution in [0.4, 0.5) is 0 Å². The highest BCUT2D eigenvalue weighted by Crippen LogP contribution is 2.44. The predicted molar refractivity (Wildman–Crippen MR) is 67.0 cm³/mol. The lowest BCUT2D eigenvalue weighted by molar-refractivity contribution is -0.157. The summed E-state index contributed by atoms with van der Waals surface area (Å²) in [6.07, 6.45) is 1.44. The van der Waals surface area contributed by atoms with E-state index >= 15 is 0 Å². The smallest absolute Gasteiger partial charge is 0.332 e. The van der Waals surface area contributed by atoms with Crippen LogP contribution >= 0.6 is 11.8 Å². The van der Waals surface area contributed by atoms with Crippen molar-refractivity contribution in [3.8, 4) is 0 Å². The minimum absolute atomic E-state index is 0.00490. The number of carbonyl (C=O) groups is 3. The first kappa shape index (κ1) is 13.4. The summed E-state index contributed by atoms with van der Waals surface area (Å²) in [5.41, 5.74) is -0.805. The molecule has 2 aliphatic heterocycles. The average Bonchev–Trinajstić information content (AvgIpc) is 2.78. The lowest BCUT2D eigenvalue weighted by atomic mass is 9.94. The highest BCUT2D eigenvalue weighted by atomic mass is 32.2. The first-order chi connectivity index (χ1) is 8.49. The molecule has 1 amide bonds. The van der Waals surface area contributed by atoms with Gasteiger partial charge < -0.3 is 9.64 Å². The Bertz CT molecular complexity index is 398. The summed E-state index contributed by atoms with van der Waals surface area (Å²) >= 11 is 1.21. The molecular weight excluding hydrogens is 254 g/mol. The monoisotopic (exact) mass is 271 g/mol. The van der Waals surface area contributed by atoms with Gasteiger partial charge >= 0.3 is 5.97 Å². The number of thioether (sulfide) groups is 1. The third-order valence-corrected chi connectivity index (χ3v) is 4.49. The molecule has 0 N–H and O–H groups in total. The number of amides is 1. The van der Waals surface area contributed by atoms with Crippen LogP contribution in [0.1, 0.15) is 33.1 Å². The molecule has 0 aromatic rings. The third-order valence-electron chi connectivity index (χ3n) is 3.51. The van der Waals surface area contributed by atoms with Gasteiger partial charge in [-0.05, 0) is 19.8 Å². The molecule has 18 heavy (non-hydrogen) atoms. The summed E-state index contributed by atoms with van der Waals surface area (Å²) in [7, 11) is 0. The van der Waals surface area contributed by atoms with Crippen LogP contribution in [0, 0.1) is 0 Å². The number of carbonyl (C=O) groups excluding carboxylic acids is 3. The number of rotatable bonds is 3. The molecule has 0 saturated carbocycles.